The molecule has 0 fully saturated rings. The van der Waals surface area contributed by atoms with Gasteiger partial charge in [0, 0.05) is 17.8 Å². The number of aryl methyl sites for hydroxylation is 4. The molecule has 8 nitrogen and oxygen atoms in total. The van der Waals surface area contributed by atoms with Crippen molar-refractivity contribution >= 4 is 37.5 Å². The molecule has 0 aliphatic heterocycles. The van der Waals surface area contributed by atoms with Gasteiger partial charge in [0.1, 0.15) is 11.2 Å². The van der Waals surface area contributed by atoms with Gasteiger partial charge >= 0.3 is 0 Å². The second-order valence-electron chi connectivity index (χ2n) is 7.12. The second kappa shape index (κ2) is 8.66. The van der Waals surface area contributed by atoms with Crippen molar-refractivity contribution in [1.82, 2.24) is 14.4 Å². The standard InChI is InChI=1S/C20H24N4O4S2/c1-5-15-10-16-19(29-15)21-11-24(20(16)26)23-17(25)6-7-22-30(27,28)18-13(3)8-12(2)9-14(18)4/h8-11,22H,5-7H2,1-4H3,(H,23,25). The number of hydrogen-bond donors (Lipinski definition) is 2. The normalized spacial score (nSPS) is 11.7. The Hall–Kier alpha value is -2.56. The van der Waals surface area contributed by atoms with Crippen molar-refractivity contribution < 1.29 is 13.2 Å². The monoisotopic (exact) mass is 448 g/mol. The zero-order valence-corrected chi connectivity index (χ0v) is 18.9. The molecule has 3 rings (SSSR count). The maximum absolute atomic E-state index is 12.6. The molecule has 0 aliphatic carbocycles. The van der Waals surface area contributed by atoms with Gasteiger partial charge < -0.3 is 0 Å². The molecule has 3 aromatic rings. The van der Waals surface area contributed by atoms with E-state index in [4.69, 9.17) is 0 Å². The first kappa shape index (κ1) is 22.1. The summed E-state index contributed by atoms with van der Waals surface area (Å²) >= 11 is 1.44. The fourth-order valence-electron chi connectivity index (χ4n) is 3.38. The smallest absolute Gasteiger partial charge is 0.273 e. The Balaban J connectivity index is 1.66. The number of carbonyl (C=O) groups excluding carboxylic acids is 1. The average Bonchev–Trinajstić information content (AvgIpc) is 3.07. The molecule has 0 spiro atoms. The lowest BCUT2D eigenvalue weighted by atomic mass is 10.1. The van der Waals surface area contributed by atoms with Crippen LogP contribution in [0.15, 0.2) is 34.2 Å². The number of benzene rings is 1. The van der Waals surface area contributed by atoms with Gasteiger partial charge in [0.25, 0.3) is 5.56 Å². The van der Waals surface area contributed by atoms with E-state index in [0.717, 1.165) is 21.5 Å². The van der Waals surface area contributed by atoms with Crippen LogP contribution in [0.1, 0.15) is 34.9 Å². The number of fused-ring (bicyclic) bond motifs is 1. The number of carbonyl (C=O) groups is 1. The van der Waals surface area contributed by atoms with Crippen LogP contribution in [-0.2, 0) is 21.2 Å². The van der Waals surface area contributed by atoms with Crippen LogP contribution >= 0.6 is 11.3 Å². The molecular formula is C20H24N4O4S2. The van der Waals surface area contributed by atoms with Crippen molar-refractivity contribution in [1.29, 1.82) is 0 Å². The number of thiophene rings is 1. The molecule has 2 N–H and O–H groups in total. The zero-order chi connectivity index (χ0) is 22.1. The maximum Gasteiger partial charge on any atom is 0.280 e. The van der Waals surface area contributed by atoms with Gasteiger partial charge in [-0.1, -0.05) is 24.6 Å². The lowest BCUT2D eigenvalue weighted by Crippen LogP contribution is -2.35. The Kier molecular flexibility index (Phi) is 6.39. The van der Waals surface area contributed by atoms with E-state index in [1.165, 1.54) is 17.7 Å². The number of hydrogen-bond acceptors (Lipinski definition) is 6. The van der Waals surface area contributed by atoms with Crippen molar-refractivity contribution in [3.8, 4) is 0 Å². The van der Waals surface area contributed by atoms with Gasteiger partial charge in [-0.05, 0) is 44.4 Å². The van der Waals surface area contributed by atoms with Crippen LogP contribution in [0, 0.1) is 20.8 Å². The summed E-state index contributed by atoms with van der Waals surface area (Å²) in [6.45, 7) is 7.29. The molecule has 0 unspecified atom stereocenters. The predicted molar refractivity (Wildman–Crippen MR) is 118 cm³/mol. The molecule has 10 heteroatoms. The van der Waals surface area contributed by atoms with Gasteiger partial charge in [-0.3, -0.25) is 15.0 Å². The van der Waals surface area contributed by atoms with E-state index in [-0.39, 0.29) is 23.4 Å². The van der Waals surface area contributed by atoms with Gasteiger partial charge in [0.05, 0.1) is 10.3 Å². The minimum absolute atomic E-state index is 0.0935. The van der Waals surface area contributed by atoms with E-state index in [9.17, 15) is 18.0 Å². The highest BCUT2D eigenvalue weighted by atomic mass is 32.2. The summed E-state index contributed by atoms with van der Waals surface area (Å²) in [5.41, 5.74) is 4.38. The first-order valence-electron chi connectivity index (χ1n) is 9.50. The lowest BCUT2D eigenvalue weighted by molar-refractivity contribution is -0.117. The molecule has 0 saturated heterocycles. The number of aromatic nitrogens is 2. The summed E-state index contributed by atoms with van der Waals surface area (Å²) in [4.78, 5) is 30.8. The third kappa shape index (κ3) is 4.61. The minimum Gasteiger partial charge on any atom is -0.273 e. The van der Waals surface area contributed by atoms with Crippen LogP contribution < -0.4 is 15.7 Å². The third-order valence-corrected chi connectivity index (χ3v) is 7.57. The molecule has 1 aromatic carbocycles. The van der Waals surface area contributed by atoms with Crippen LogP contribution in [0.3, 0.4) is 0 Å². The molecule has 0 radical (unpaired) electrons. The van der Waals surface area contributed by atoms with Crippen molar-refractivity contribution in [3.05, 3.63) is 56.4 Å². The molecule has 2 heterocycles. The first-order valence-corrected chi connectivity index (χ1v) is 11.8. The van der Waals surface area contributed by atoms with E-state index in [1.807, 2.05) is 13.8 Å². The fourth-order valence-corrected chi connectivity index (χ4v) is 5.78. The lowest BCUT2D eigenvalue weighted by Gasteiger charge is -2.13. The van der Waals surface area contributed by atoms with Crippen LogP contribution in [0.4, 0.5) is 0 Å². The van der Waals surface area contributed by atoms with Crippen LogP contribution in [0.25, 0.3) is 10.2 Å². The molecular weight excluding hydrogens is 424 g/mol. The SMILES string of the molecule is CCc1cc2c(=O)n(NC(=O)CCNS(=O)(=O)c3c(C)cc(C)cc3C)cnc2s1. The number of rotatable bonds is 7. The van der Waals surface area contributed by atoms with Gasteiger partial charge in [-0.2, -0.15) is 0 Å². The van der Waals surface area contributed by atoms with Crippen molar-refractivity contribution in [2.24, 2.45) is 0 Å². The summed E-state index contributed by atoms with van der Waals surface area (Å²) in [6, 6.07) is 5.38. The van der Waals surface area contributed by atoms with Crippen LogP contribution in [0.2, 0.25) is 0 Å². The first-order chi connectivity index (χ1) is 14.1. The molecule has 0 saturated carbocycles. The minimum atomic E-state index is -3.75. The van der Waals surface area contributed by atoms with Gasteiger partial charge in [0.15, 0.2) is 0 Å². The molecule has 30 heavy (non-hydrogen) atoms. The van der Waals surface area contributed by atoms with Gasteiger partial charge in [0.2, 0.25) is 15.9 Å². The number of amides is 1. The Labute approximate surface area is 179 Å². The quantitative estimate of drug-likeness (QED) is 0.577. The van der Waals surface area contributed by atoms with Crippen molar-refractivity contribution in [2.75, 3.05) is 12.0 Å². The number of nitrogens with one attached hydrogen (secondary N) is 2. The molecule has 2 aromatic heterocycles. The molecule has 0 atom stereocenters. The zero-order valence-electron chi connectivity index (χ0n) is 17.3. The second-order valence-corrected chi connectivity index (χ2v) is 9.93. The van der Waals surface area contributed by atoms with Crippen molar-refractivity contribution in [3.63, 3.8) is 0 Å². The van der Waals surface area contributed by atoms with Crippen LogP contribution in [0.5, 0.6) is 0 Å². The topological polar surface area (TPSA) is 110 Å². The highest BCUT2D eigenvalue weighted by molar-refractivity contribution is 7.89. The summed E-state index contributed by atoms with van der Waals surface area (Å²) in [5.74, 6) is -0.496. The van der Waals surface area contributed by atoms with Gasteiger partial charge in [-0.15, -0.1) is 11.3 Å². The summed E-state index contributed by atoms with van der Waals surface area (Å²) in [5, 5.41) is 0.450. The van der Waals surface area contributed by atoms with E-state index < -0.39 is 15.9 Å². The van der Waals surface area contributed by atoms with Crippen molar-refractivity contribution in [2.45, 2.75) is 45.4 Å². The number of nitrogens with zero attached hydrogens (tertiary/aromatic N) is 2. The highest BCUT2D eigenvalue weighted by Gasteiger charge is 2.20. The average molecular weight is 449 g/mol. The Morgan fingerprint density at radius 2 is 1.83 bits per heavy atom. The summed E-state index contributed by atoms with van der Waals surface area (Å²) in [6.07, 6.45) is 1.94. The predicted octanol–water partition coefficient (Wildman–Crippen LogP) is 2.38. The summed E-state index contributed by atoms with van der Waals surface area (Å²) < 4.78 is 28.8. The largest absolute Gasteiger partial charge is 0.280 e. The fraction of sp³-hybridized carbons (Fsp3) is 0.350. The Morgan fingerprint density at radius 1 is 1.17 bits per heavy atom. The van der Waals surface area contributed by atoms with E-state index in [1.54, 1.807) is 32.0 Å². The van der Waals surface area contributed by atoms with E-state index >= 15 is 0 Å². The molecule has 1 amide bonds. The molecule has 0 aliphatic rings. The molecule has 0 bridgehead atoms. The third-order valence-electron chi connectivity index (χ3n) is 4.61. The maximum atomic E-state index is 12.6. The highest BCUT2D eigenvalue weighted by Crippen LogP contribution is 2.22. The Bertz CT molecular complexity index is 1250. The molecule has 160 valence electrons. The van der Waals surface area contributed by atoms with Gasteiger partial charge in [-0.25, -0.2) is 22.8 Å². The van der Waals surface area contributed by atoms with E-state index in [2.05, 4.69) is 15.1 Å². The number of sulfonamides is 1. The Morgan fingerprint density at radius 3 is 2.47 bits per heavy atom. The summed E-state index contributed by atoms with van der Waals surface area (Å²) in [7, 11) is -3.75. The van der Waals surface area contributed by atoms with Crippen LogP contribution in [-0.4, -0.2) is 30.5 Å². The van der Waals surface area contributed by atoms with E-state index in [0.29, 0.717) is 21.3 Å².